The lowest BCUT2D eigenvalue weighted by atomic mass is 10.1. The van der Waals surface area contributed by atoms with E-state index in [1.807, 2.05) is 36.4 Å². The average Bonchev–Trinajstić information content (AvgIpc) is 2.77. The van der Waals surface area contributed by atoms with E-state index in [0.717, 1.165) is 49.3 Å². The maximum atomic E-state index is 13.1. The molecule has 2 amide bonds. The van der Waals surface area contributed by atoms with E-state index in [0.29, 0.717) is 29.0 Å². The van der Waals surface area contributed by atoms with Crippen molar-refractivity contribution in [3.8, 4) is 0 Å². The number of nitrogens with one attached hydrogen (secondary N) is 1. The van der Waals surface area contributed by atoms with E-state index >= 15 is 0 Å². The number of ether oxygens (including phenoxy) is 1. The van der Waals surface area contributed by atoms with Crippen molar-refractivity contribution in [2.45, 2.75) is 6.54 Å². The van der Waals surface area contributed by atoms with Gasteiger partial charge in [-0.2, -0.15) is 0 Å². The largest absolute Gasteiger partial charge is 0.379 e. The molecular formula is C23H24Cl2N4O2. The Bertz CT molecular complexity index is 1060. The van der Waals surface area contributed by atoms with Crippen LogP contribution in [-0.2, 0) is 11.3 Å². The summed E-state index contributed by atoms with van der Waals surface area (Å²) >= 11 is 12.5. The molecule has 8 heteroatoms. The maximum Gasteiger partial charge on any atom is 0.322 e. The standard InChI is InChI=1S/C23H24Cl2N4O2/c24-19-5-3-6-20(15-19)26-23(30)29(9-8-28-10-12-31-13-11-28)16-18-14-17-4-1-2-7-21(17)27-22(18)25/h1-7,14-15H,8-13,16H2,(H,26,30). The summed E-state index contributed by atoms with van der Waals surface area (Å²) in [6, 6.07) is 16.7. The second-order valence-electron chi connectivity index (χ2n) is 7.45. The molecule has 1 saturated heterocycles. The number of aromatic nitrogens is 1. The summed E-state index contributed by atoms with van der Waals surface area (Å²) in [7, 11) is 0. The van der Waals surface area contributed by atoms with Gasteiger partial charge in [0.05, 0.1) is 25.3 Å². The van der Waals surface area contributed by atoms with Gasteiger partial charge in [0.25, 0.3) is 0 Å². The lowest BCUT2D eigenvalue weighted by Crippen LogP contribution is -2.44. The first-order chi connectivity index (χ1) is 15.1. The molecule has 1 aromatic heterocycles. The first-order valence-electron chi connectivity index (χ1n) is 10.2. The number of nitrogens with zero attached hydrogens (tertiary/aromatic N) is 3. The van der Waals surface area contributed by atoms with Crippen LogP contribution in [0.3, 0.4) is 0 Å². The summed E-state index contributed by atoms with van der Waals surface area (Å²) in [6.07, 6.45) is 0. The molecule has 0 atom stereocenters. The SMILES string of the molecule is O=C(Nc1cccc(Cl)c1)N(CCN1CCOCC1)Cc1cc2ccccc2nc1Cl. The van der Waals surface area contributed by atoms with Crippen molar-refractivity contribution in [3.05, 3.63) is 70.3 Å². The van der Waals surface area contributed by atoms with E-state index in [-0.39, 0.29) is 6.03 Å². The van der Waals surface area contributed by atoms with Gasteiger partial charge in [-0.1, -0.05) is 47.5 Å². The number of hydrogen-bond acceptors (Lipinski definition) is 4. The fraction of sp³-hybridized carbons (Fsp3) is 0.304. The topological polar surface area (TPSA) is 57.7 Å². The maximum absolute atomic E-state index is 13.1. The summed E-state index contributed by atoms with van der Waals surface area (Å²) in [6.45, 7) is 4.82. The summed E-state index contributed by atoms with van der Waals surface area (Å²) in [5, 5.41) is 4.91. The van der Waals surface area contributed by atoms with Crippen LogP contribution in [0.5, 0.6) is 0 Å². The minimum absolute atomic E-state index is 0.209. The minimum atomic E-state index is -0.209. The van der Waals surface area contributed by atoms with Crippen molar-refractivity contribution in [3.63, 3.8) is 0 Å². The number of benzene rings is 2. The number of carbonyl (C=O) groups excluding carboxylic acids is 1. The molecule has 2 aromatic carbocycles. The molecule has 162 valence electrons. The van der Waals surface area contributed by atoms with E-state index in [9.17, 15) is 4.79 Å². The van der Waals surface area contributed by atoms with Crippen LogP contribution < -0.4 is 5.32 Å². The van der Waals surface area contributed by atoms with Crippen molar-refractivity contribution in [2.24, 2.45) is 0 Å². The number of fused-ring (bicyclic) bond motifs is 1. The third-order valence-corrected chi connectivity index (χ3v) is 5.83. The zero-order valence-electron chi connectivity index (χ0n) is 17.1. The van der Waals surface area contributed by atoms with Crippen LogP contribution in [-0.4, -0.2) is 60.2 Å². The Morgan fingerprint density at radius 3 is 2.71 bits per heavy atom. The average molecular weight is 459 g/mol. The molecule has 0 saturated carbocycles. The highest BCUT2D eigenvalue weighted by molar-refractivity contribution is 6.31. The Hall–Kier alpha value is -2.38. The molecule has 4 rings (SSSR count). The lowest BCUT2D eigenvalue weighted by molar-refractivity contribution is 0.0349. The molecule has 0 radical (unpaired) electrons. The number of carbonyl (C=O) groups is 1. The number of para-hydroxylation sites is 1. The molecule has 1 aliphatic heterocycles. The summed E-state index contributed by atoms with van der Waals surface area (Å²) in [5.41, 5.74) is 2.29. The molecule has 0 spiro atoms. The third kappa shape index (κ3) is 5.86. The fourth-order valence-electron chi connectivity index (χ4n) is 3.56. The number of hydrogen-bond donors (Lipinski definition) is 1. The quantitative estimate of drug-likeness (QED) is 0.533. The van der Waals surface area contributed by atoms with Crippen LogP contribution in [0.4, 0.5) is 10.5 Å². The van der Waals surface area contributed by atoms with Gasteiger partial charge in [0.15, 0.2) is 0 Å². The first-order valence-corrected chi connectivity index (χ1v) is 11.0. The monoisotopic (exact) mass is 458 g/mol. The summed E-state index contributed by atoms with van der Waals surface area (Å²) in [5.74, 6) is 0. The lowest BCUT2D eigenvalue weighted by Gasteiger charge is -2.30. The summed E-state index contributed by atoms with van der Waals surface area (Å²) in [4.78, 5) is 21.7. The normalized spacial score (nSPS) is 14.5. The summed E-state index contributed by atoms with van der Waals surface area (Å²) < 4.78 is 5.42. The van der Waals surface area contributed by atoms with Gasteiger partial charge >= 0.3 is 6.03 Å². The Balaban J connectivity index is 1.53. The fourth-order valence-corrected chi connectivity index (χ4v) is 3.96. The van der Waals surface area contributed by atoms with Gasteiger partial charge in [0.1, 0.15) is 5.15 Å². The zero-order valence-corrected chi connectivity index (χ0v) is 18.6. The number of amides is 2. The van der Waals surface area contributed by atoms with Gasteiger partial charge in [0.2, 0.25) is 0 Å². The van der Waals surface area contributed by atoms with Crippen LogP contribution in [0.15, 0.2) is 54.6 Å². The van der Waals surface area contributed by atoms with E-state index in [1.54, 1.807) is 23.1 Å². The molecule has 0 unspecified atom stereocenters. The highest BCUT2D eigenvalue weighted by atomic mass is 35.5. The van der Waals surface area contributed by atoms with Gasteiger partial charge in [-0.05, 0) is 30.3 Å². The molecule has 0 bridgehead atoms. The molecule has 1 N–H and O–H groups in total. The number of anilines is 1. The Morgan fingerprint density at radius 1 is 1.10 bits per heavy atom. The Labute approximate surface area is 191 Å². The van der Waals surface area contributed by atoms with E-state index in [1.165, 1.54) is 0 Å². The molecule has 6 nitrogen and oxygen atoms in total. The van der Waals surface area contributed by atoms with Crippen LogP contribution in [0.1, 0.15) is 5.56 Å². The van der Waals surface area contributed by atoms with E-state index in [2.05, 4.69) is 15.2 Å². The Morgan fingerprint density at radius 2 is 1.90 bits per heavy atom. The molecule has 0 aliphatic carbocycles. The molecular weight excluding hydrogens is 435 g/mol. The number of pyridine rings is 1. The van der Waals surface area contributed by atoms with Gasteiger partial charge in [-0.15, -0.1) is 0 Å². The molecule has 2 heterocycles. The molecule has 3 aromatic rings. The van der Waals surface area contributed by atoms with Crippen LogP contribution in [0.2, 0.25) is 10.2 Å². The van der Waals surface area contributed by atoms with E-state index in [4.69, 9.17) is 27.9 Å². The number of morpholine rings is 1. The van der Waals surface area contributed by atoms with Crippen molar-refractivity contribution < 1.29 is 9.53 Å². The van der Waals surface area contributed by atoms with E-state index < -0.39 is 0 Å². The Kier molecular flexibility index (Phi) is 7.25. The van der Waals surface area contributed by atoms with Crippen LogP contribution in [0.25, 0.3) is 10.9 Å². The predicted octanol–water partition coefficient (Wildman–Crippen LogP) is 4.91. The molecule has 1 fully saturated rings. The van der Waals surface area contributed by atoms with Gasteiger partial charge in [0, 0.05) is 47.8 Å². The van der Waals surface area contributed by atoms with Crippen molar-refractivity contribution in [1.82, 2.24) is 14.8 Å². The second-order valence-corrected chi connectivity index (χ2v) is 8.24. The molecule has 31 heavy (non-hydrogen) atoms. The van der Waals surface area contributed by atoms with Crippen LogP contribution in [0, 0.1) is 0 Å². The highest BCUT2D eigenvalue weighted by Gasteiger charge is 2.19. The van der Waals surface area contributed by atoms with Gasteiger partial charge in [-0.25, -0.2) is 9.78 Å². The minimum Gasteiger partial charge on any atom is -0.379 e. The zero-order chi connectivity index (χ0) is 21.6. The smallest absolute Gasteiger partial charge is 0.322 e. The highest BCUT2D eigenvalue weighted by Crippen LogP contribution is 2.23. The van der Waals surface area contributed by atoms with Crippen LogP contribution >= 0.6 is 23.2 Å². The third-order valence-electron chi connectivity index (χ3n) is 5.26. The number of halogens is 2. The first kappa shape index (κ1) is 21.8. The van der Waals surface area contributed by atoms with Crippen molar-refractivity contribution >= 4 is 45.8 Å². The van der Waals surface area contributed by atoms with Gasteiger partial charge in [-0.3, -0.25) is 4.90 Å². The number of rotatable bonds is 6. The van der Waals surface area contributed by atoms with Crippen molar-refractivity contribution in [1.29, 1.82) is 0 Å². The number of urea groups is 1. The predicted molar refractivity (Wildman–Crippen MR) is 125 cm³/mol. The molecule has 1 aliphatic rings. The van der Waals surface area contributed by atoms with Gasteiger partial charge < -0.3 is 15.0 Å². The van der Waals surface area contributed by atoms with Crippen molar-refractivity contribution in [2.75, 3.05) is 44.7 Å². The second kappa shape index (κ2) is 10.3.